The van der Waals surface area contributed by atoms with Crippen molar-refractivity contribution in [2.75, 3.05) is 27.4 Å². The summed E-state index contributed by atoms with van der Waals surface area (Å²) in [5, 5.41) is 5.67. The molecule has 23 heavy (non-hydrogen) atoms. The second-order valence-corrected chi connectivity index (χ2v) is 5.68. The average molecular weight is 320 g/mol. The summed E-state index contributed by atoms with van der Waals surface area (Å²) in [5.41, 5.74) is -0.00520. The number of carbonyl (C=O) groups is 2. The van der Waals surface area contributed by atoms with Crippen molar-refractivity contribution in [1.29, 1.82) is 0 Å². The van der Waals surface area contributed by atoms with Crippen molar-refractivity contribution in [1.82, 2.24) is 10.6 Å². The Bertz CT molecular complexity index is 555. The molecule has 0 aliphatic heterocycles. The van der Waals surface area contributed by atoms with E-state index < -0.39 is 5.41 Å². The Hall–Kier alpha value is -2.08. The van der Waals surface area contributed by atoms with E-state index in [-0.39, 0.29) is 11.8 Å². The van der Waals surface area contributed by atoms with Crippen LogP contribution in [0.4, 0.5) is 0 Å². The molecule has 0 radical (unpaired) electrons. The van der Waals surface area contributed by atoms with Crippen LogP contribution in [0.5, 0.6) is 5.75 Å². The second kappa shape index (κ2) is 7.97. The van der Waals surface area contributed by atoms with Crippen molar-refractivity contribution in [3.63, 3.8) is 0 Å². The van der Waals surface area contributed by atoms with Gasteiger partial charge in [0.1, 0.15) is 11.2 Å². The summed E-state index contributed by atoms with van der Waals surface area (Å²) < 4.78 is 10.2. The van der Waals surface area contributed by atoms with Crippen molar-refractivity contribution in [3.8, 4) is 5.75 Å². The predicted octanol–water partition coefficient (Wildman–Crippen LogP) is 1.24. The highest BCUT2D eigenvalue weighted by molar-refractivity contribution is 6.07. The SMILES string of the molecule is COCCCNC(=O)C1(C(=O)NCc2ccccc2OC)CC1. The third-order valence-electron chi connectivity index (χ3n) is 4.06. The molecule has 1 aromatic carbocycles. The van der Waals surface area contributed by atoms with E-state index >= 15 is 0 Å². The summed E-state index contributed by atoms with van der Waals surface area (Å²) in [6.45, 7) is 1.46. The maximum Gasteiger partial charge on any atom is 0.235 e. The number of rotatable bonds is 9. The number of hydrogen-bond donors (Lipinski definition) is 2. The minimum Gasteiger partial charge on any atom is -0.496 e. The molecule has 2 rings (SSSR count). The molecule has 2 amide bonds. The molecule has 0 aromatic heterocycles. The van der Waals surface area contributed by atoms with E-state index in [4.69, 9.17) is 9.47 Å². The van der Waals surface area contributed by atoms with E-state index in [1.165, 1.54) is 0 Å². The summed E-state index contributed by atoms with van der Waals surface area (Å²) in [4.78, 5) is 24.6. The molecule has 126 valence electrons. The Kier molecular flexibility index (Phi) is 5.98. The molecule has 1 aromatic rings. The summed E-state index contributed by atoms with van der Waals surface area (Å²) in [5.74, 6) is 0.320. The van der Waals surface area contributed by atoms with Crippen LogP contribution in [-0.4, -0.2) is 39.2 Å². The van der Waals surface area contributed by atoms with Crippen molar-refractivity contribution >= 4 is 11.8 Å². The standard InChI is InChI=1S/C17H24N2O4/c1-22-11-5-10-18-15(20)17(8-9-17)16(21)19-12-13-6-3-4-7-14(13)23-2/h3-4,6-7H,5,8-12H2,1-2H3,(H,18,20)(H,19,21). The lowest BCUT2D eigenvalue weighted by Gasteiger charge is -2.16. The lowest BCUT2D eigenvalue weighted by molar-refractivity contribution is -0.137. The van der Waals surface area contributed by atoms with E-state index in [2.05, 4.69) is 10.6 Å². The van der Waals surface area contributed by atoms with Gasteiger partial charge in [-0.05, 0) is 25.3 Å². The maximum atomic E-state index is 12.4. The largest absolute Gasteiger partial charge is 0.496 e. The number of methoxy groups -OCH3 is 2. The number of amides is 2. The van der Waals surface area contributed by atoms with E-state index in [9.17, 15) is 9.59 Å². The smallest absolute Gasteiger partial charge is 0.235 e. The maximum absolute atomic E-state index is 12.4. The fourth-order valence-corrected chi connectivity index (χ4v) is 2.46. The average Bonchev–Trinajstić information content (AvgIpc) is 3.38. The van der Waals surface area contributed by atoms with Crippen molar-refractivity contribution in [3.05, 3.63) is 29.8 Å². The predicted molar refractivity (Wildman–Crippen MR) is 86.0 cm³/mol. The van der Waals surface area contributed by atoms with Gasteiger partial charge in [0.2, 0.25) is 11.8 Å². The van der Waals surface area contributed by atoms with Crippen molar-refractivity contribution in [2.45, 2.75) is 25.8 Å². The normalized spacial score (nSPS) is 14.9. The number of benzene rings is 1. The zero-order chi connectivity index (χ0) is 16.7. The number of nitrogens with one attached hydrogen (secondary N) is 2. The Morgan fingerprint density at radius 1 is 1.13 bits per heavy atom. The quantitative estimate of drug-likeness (QED) is 0.530. The molecule has 0 unspecified atom stereocenters. The Balaban J connectivity index is 1.86. The van der Waals surface area contributed by atoms with Gasteiger partial charge < -0.3 is 20.1 Å². The van der Waals surface area contributed by atoms with Crippen LogP contribution in [-0.2, 0) is 20.9 Å². The molecule has 0 atom stereocenters. The van der Waals surface area contributed by atoms with Crippen LogP contribution in [0.25, 0.3) is 0 Å². The molecule has 1 fully saturated rings. The summed E-state index contributed by atoms with van der Waals surface area (Å²) >= 11 is 0. The molecule has 0 saturated heterocycles. The first kappa shape index (κ1) is 17.3. The first-order valence-electron chi connectivity index (χ1n) is 7.81. The van der Waals surface area contributed by atoms with Gasteiger partial charge in [0.05, 0.1) is 7.11 Å². The molecule has 6 nitrogen and oxygen atoms in total. The van der Waals surface area contributed by atoms with E-state index in [0.717, 1.165) is 17.7 Å². The molecule has 6 heteroatoms. The van der Waals surface area contributed by atoms with Gasteiger partial charge in [-0.3, -0.25) is 9.59 Å². The van der Waals surface area contributed by atoms with Crippen LogP contribution in [0.1, 0.15) is 24.8 Å². The number of carbonyl (C=O) groups excluding carboxylic acids is 2. The molecule has 0 heterocycles. The second-order valence-electron chi connectivity index (χ2n) is 5.68. The number of hydrogen-bond acceptors (Lipinski definition) is 4. The van der Waals surface area contributed by atoms with Crippen molar-refractivity contribution < 1.29 is 19.1 Å². The van der Waals surface area contributed by atoms with E-state index in [1.807, 2.05) is 24.3 Å². The first-order chi connectivity index (χ1) is 11.1. The highest BCUT2D eigenvalue weighted by Gasteiger charge is 2.56. The fourth-order valence-electron chi connectivity index (χ4n) is 2.46. The highest BCUT2D eigenvalue weighted by Crippen LogP contribution is 2.46. The lowest BCUT2D eigenvalue weighted by Crippen LogP contribution is -2.43. The zero-order valence-corrected chi connectivity index (χ0v) is 13.7. The summed E-state index contributed by atoms with van der Waals surface area (Å²) in [7, 11) is 3.21. The van der Waals surface area contributed by atoms with Crippen LogP contribution in [0.2, 0.25) is 0 Å². The Labute approximate surface area is 136 Å². The van der Waals surface area contributed by atoms with Gasteiger partial charge in [0.15, 0.2) is 0 Å². The molecular weight excluding hydrogens is 296 g/mol. The van der Waals surface area contributed by atoms with Crippen LogP contribution < -0.4 is 15.4 Å². The van der Waals surface area contributed by atoms with Gasteiger partial charge >= 0.3 is 0 Å². The highest BCUT2D eigenvalue weighted by atomic mass is 16.5. The minimum atomic E-state index is -0.894. The first-order valence-corrected chi connectivity index (χ1v) is 7.81. The molecule has 1 aliphatic rings. The van der Waals surface area contributed by atoms with Gasteiger partial charge in [0.25, 0.3) is 0 Å². The van der Waals surface area contributed by atoms with Crippen LogP contribution >= 0.6 is 0 Å². The monoisotopic (exact) mass is 320 g/mol. The van der Waals surface area contributed by atoms with E-state index in [1.54, 1.807) is 14.2 Å². The van der Waals surface area contributed by atoms with Crippen LogP contribution in [0.3, 0.4) is 0 Å². The van der Waals surface area contributed by atoms with Crippen molar-refractivity contribution in [2.24, 2.45) is 5.41 Å². The van der Waals surface area contributed by atoms with Crippen LogP contribution in [0.15, 0.2) is 24.3 Å². The minimum absolute atomic E-state index is 0.189. The Morgan fingerprint density at radius 3 is 2.48 bits per heavy atom. The molecule has 0 bridgehead atoms. The summed E-state index contributed by atoms with van der Waals surface area (Å²) in [6.07, 6.45) is 1.93. The lowest BCUT2D eigenvalue weighted by atomic mass is 10.0. The van der Waals surface area contributed by atoms with Gasteiger partial charge in [-0.1, -0.05) is 18.2 Å². The van der Waals surface area contributed by atoms with Crippen LogP contribution in [0, 0.1) is 5.41 Å². The summed E-state index contributed by atoms with van der Waals surface area (Å²) in [6, 6.07) is 7.50. The molecule has 1 saturated carbocycles. The van der Waals surface area contributed by atoms with Gasteiger partial charge in [-0.25, -0.2) is 0 Å². The molecule has 1 aliphatic carbocycles. The number of para-hydroxylation sites is 1. The molecule has 0 spiro atoms. The molecule has 2 N–H and O–H groups in total. The van der Waals surface area contributed by atoms with E-state index in [0.29, 0.717) is 32.5 Å². The van der Waals surface area contributed by atoms with Gasteiger partial charge in [0, 0.05) is 32.4 Å². The third-order valence-corrected chi connectivity index (χ3v) is 4.06. The Morgan fingerprint density at radius 2 is 1.83 bits per heavy atom. The molecular formula is C17H24N2O4. The zero-order valence-electron chi connectivity index (χ0n) is 13.7. The number of ether oxygens (including phenoxy) is 2. The van der Waals surface area contributed by atoms with Gasteiger partial charge in [-0.2, -0.15) is 0 Å². The topological polar surface area (TPSA) is 76.7 Å². The third kappa shape index (κ3) is 4.22. The fraction of sp³-hybridized carbons (Fsp3) is 0.529. The van der Waals surface area contributed by atoms with Gasteiger partial charge in [-0.15, -0.1) is 0 Å².